The number of allylic oxidation sites excluding steroid dienone is 1. The van der Waals surface area contributed by atoms with Gasteiger partial charge in [0.05, 0.1) is 26.4 Å². The molecule has 0 radical (unpaired) electrons. The molecule has 1 fully saturated rings. The summed E-state index contributed by atoms with van der Waals surface area (Å²) in [6.07, 6.45) is 2.33. The molecule has 27 heavy (non-hydrogen) atoms. The van der Waals surface area contributed by atoms with E-state index in [1.165, 1.54) is 35.7 Å². The Balaban J connectivity index is 2.35. The Bertz CT molecular complexity index is 898. The van der Waals surface area contributed by atoms with E-state index in [0.29, 0.717) is 18.8 Å². The van der Waals surface area contributed by atoms with Crippen molar-refractivity contribution in [3.63, 3.8) is 0 Å². The van der Waals surface area contributed by atoms with Crippen LogP contribution in [0.3, 0.4) is 0 Å². The molecule has 2 rings (SSSR count). The minimum atomic E-state index is -3.82. The number of carbonyl (C=O) groups is 2. The monoisotopic (exact) mass is 393 g/mol. The highest BCUT2D eigenvalue weighted by Gasteiger charge is 2.29. The second kappa shape index (κ2) is 8.77. The Hall–Kier alpha value is -2.74. The van der Waals surface area contributed by atoms with Crippen LogP contribution in [0.25, 0.3) is 6.08 Å². The molecule has 0 aromatic heterocycles. The van der Waals surface area contributed by atoms with E-state index >= 15 is 0 Å². The summed E-state index contributed by atoms with van der Waals surface area (Å²) in [5.41, 5.74) is 5.38. The average molecular weight is 393 g/mol. The Kier molecular flexibility index (Phi) is 6.68. The average Bonchev–Trinajstić information content (AvgIpc) is 2.67. The molecule has 10 heteroatoms. The standard InChI is InChI=1S/C17H19N3O6S/c1-25-15-5-3-12(2-4-14(21)13(11-18)17(19)22)10-16(15)27(23,24)20-6-8-26-9-7-20/h2-5,10,13H,6-9H2,1H3,(H2,19,22). The molecule has 1 unspecified atom stereocenters. The van der Waals surface area contributed by atoms with Crippen LogP contribution in [0.4, 0.5) is 0 Å². The zero-order chi connectivity index (χ0) is 20.0. The van der Waals surface area contributed by atoms with Crippen LogP contribution in [0.15, 0.2) is 29.2 Å². The van der Waals surface area contributed by atoms with E-state index in [-0.39, 0.29) is 23.7 Å². The van der Waals surface area contributed by atoms with Crippen LogP contribution in [0.2, 0.25) is 0 Å². The van der Waals surface area contributed by atoms with Gasteiger partial charge in [0.15, 0.2) is 11.7 Å². The second-order valence-electron chi connectivity index (χ2n) is 5.63. The number of nitrogens with zero attached hydrogens (tertiary/aromatic N) is 2. The molecule has 1 heterocycles. The largest absolute Gasteiger partial charge is 0.495 e. The van der Waals surface area contributed by atoms with E-state index in [2.05, 4.69) is 0 Å². The molecule has 0 spiro atoms. The molecule has 0 aliphatic carbocycles. The molecule has 2 N–H and O–H groups in total. The summed E-state index contributed by atoms with van der Waals surface area (Å²) in [6.45, 7) is 1.07. The smallest absolute Gasteiger partial charge is 0.246 e. The Morgan fingerprint density at radius 3 is 2.59 bits per heavy atom. The number of primary amides is 1. The zero-order valence-corrected chi connectivity index (χ0v) is 15.4. The first-order valence-corrected chi connectivity index (χ1v) is 9.42. The fourth-order valence-corrected chi connectivity index (χ4v) is 4.07. The number of methoxy groups -OCH3 is 1. The molecule has 0 saturated carbocycles. The third-order valence-electron chi connectivity index (χ3n) is 3.91. The van der Waals surface area contributed by atoms with Crippen molar-refractivity contribution in [1.82, 2.24) is 4.31 Å². The first-order chi connectivity index (χ1) is 12.8. The normalized spacial score (nSPS) is 16.6. The topological polar surface area (TPSA) is 140 Å². The van der Waals surface area contributed by atoms with E-state index in [4.69, 9.17) is 20.5 Å². The number of sulfonamides is 1. The summed E-state index contributed by atoms with van der Waals surface area (Å²) in [6, 6.07) is 5.90. The van der Waals surface area contributed by atoms with Crippen molar-refractivity contribution in [3.8, 4) is 11.8 Å². The van der Waals surface area contributed by atoms with E-state index < -0.39 is 27.6 Å². The van der Waals surface area contributed by atoms with Crippen molar-refractivity contribution >= 4 is 27.8 Å². The summed E-state index contributed by atoms with van der Waals surface area (Å²) in [4.78, 5) is 22.9. The number of carbonyl (C=O) groups excluding carboxylic acids is 2. The maximum absolute atomic E-state index is 12.9. The molecular weight excluding hydrogens is 374 g/mol. The number of ketones is 1. The number of nitriles is 1. The Labute approximate surface area is 157 Å². The van der Waals surface area contributed by atoms with E-state index in [1.807, 2.05) is 0 Å². The van der Waals surface area contributed by atoms with Crippen LogP contribution in [-0.2, 0) is 24.3 Å². The summed E-state index contributed by atoms with van der Waals surface area (Å²) in [5.74, 6) is -3.25. The van der Waals surface area contributed by atoms with Gasteiger partial charge in [0.2, 0.25) is 15.9 Å². The summed E-state index contributed by atoms with van der Waals surface area (Å²) < 4.78 is 37.4. The summed E-state index contributed by atoms with van der Waals surface area (Å²) in [7, 11) is -2.46. The van der Waals surface area contributed by atoms with Crippen molar-refractivity contribution in [1.29, 1.82) is 5.26 Å². The molecule has 144 valence electrons. The van der Waals surface area contributed by atoms with Crippen molar-refractivity contribution in [2.24, 2.45) is 11.7 Å². The van der Waals surface area contributed by atoms with Gasteiger partial charge in [0.1, 0.15) is 10.6 Å². The number of nitrogens with two attached hydrogens (primary N) is 1. The maximum atomic E-state index is 12.9. The number of hydrogen-bond acceptors (Lipinski definition) is 7. The van der Waals surface area contributed by atoms with Crippen LogP contribution in [0.5, 0.6) is 5.75 Å². The second-order valence-corrected chi connectivity index (χ2v) is 7.53. The molecule has 1 atom stereocenters. The fraction of sp³-hybridized carbons (Fsp3) is 0.353. The van der Waals surface area contributed by atoms with Crippen LogP contribution in [0, 0.1) is 17.2 Å². The number of amides is 1. The lowest BCUT2D eigenvalue weighted by molar-refractivity contribution is -0.127. The first kappa shape index (κ1) is 20.6. The minimum absolute atomic E-state index is 0.0479. The minimum Gasteiger partial charge on any atom is -0.495 e. The van der Waals surface area contributed by atoms with Gasteiger partial charge in [-0.15, -0.1) is 0 Å². The molecule has 1 aliphatic heterocycles. The molecule has 1 aromatic rings. The molecule has 1 amide bonds. The third kappa shape index (κ3) is 4.71. The summed E-state index contributed by atoms with van der Waals surface area (Å²) >= 11 is 0. The quantitative estimate of drug-likeness (QED) is 0.505. The highest BCUT2D eigenvalue weighted by molar-refractivity contribution is 7.89. The van der Waals surface area contributed by atoms with E-state index in [9.17, 15) is 18.0 Å². The lowest BCUT2D eigenvalue weighted by atomic mass is 10.0. The molecule has 9 nitrogen and oxygen atoms in total. The van der Waals surface area contributed by atoms with Crippen molar-refractivity contribution < 1.29 is 27.5 Å². The predicted octanol–water partition coefficient (Wildman–Crippen LogP) is -0.0765. The van der Waals surface area contributed by atoms with E-state index in [1.54, 1.807) is 6.07 Å². The van der Waals surface area contributed by atoms with Crippen LogP contribution >= 0.6 is 0 Å². The number of rotatable bonds is 7. The number of benzene rings is 1. The van der Waals surface area contributed by atoms with Crippen LogP contribution < -0.4 is 10.5 Å². The van der Waals surface area contributed by atoms with Gasteiger partial charge < -0.3 is 15.2 Å². The molecule has 1 aromatic carbocycles. The number of ether oxygens (including phenoxy) is 2. The van der Waals surface area contributed by atoms with E-state index in [0.717, 1.165) is 6.08 Å². The molecular formula is C17H19N3O6S. The van der Waals surface area contributed by atoms with Gasteiger partial charge in [-0.25, -0.2) is 8.42 Å². The zero-order valence-electron chi connectivity index (χ0n) is 14.6. The van der Waals surface area contributed by atoms with Crippen LogP contribution in [-0.4, -0.2) is 57.8 Å². The van der Waals surface area contributed by atoms with Gasteiger partial charge >= 0.3 is 0 Å². The molecule has 0 bridgehead atoms. The van der Waals surface area contributed by atoms with Crippen molar-refractivity contribution in [3.05, 3.63) is 29.8 Å². The first-order valence-electron chi connectivity index (χ1n) is 7.98. The highest BCUT2D eigenvalue weighted by atomic mass is 32.2. The molecule has 1 aliphatic rings. The van der Waals surface area contributed by atoms with Crippen LogP contribution in [0.1, 0.15) is 5.56 Å². The molecule has 1 saturated heterocycles. The number of morpholine rings is 1. The third-order valence-corrected chi connectivity index (χ3v) is 5.83. The van der Waals surface area contributed by atoms with Gasteiger partial charge in [0, 0.05) is 13.1 Å². The Morgan fingerprint density at radius 2 is 2.04 bits per heavy atom. The SMILES string of the molecule is COc1ccc(C=CC(=O)C(C#N)C(N)=O)cc1S(=O)(=O)N1CCOCC1. The van der Waals surface area contributed by atoms with Gasteiger partial charge in [0.25, 0.3) is 0 Å². The lowest BCUT2D eigenvalue weighted by Crippen LogP contribution is -2.40. The highest BCUT2D eigenvalue weighted by Crippen LogP contribution is 2.28. The Morgan fingerprint density at radius 1 is 1.37 bits per heavy atom. The van der Waals surface area contributed by atoms with Gasteiger partial charge in [-0.3, -0.25) is 9.59 Å². The van der Waals surface area contributed by atoms with Crippen molar-refractivity contribution in [2.45, 2.75) is 4.90 Å². The van der Waals surface area contributed by atoms with Gasteiger partial charge in [-0.2, -0.15) is 9.57 Å². The lowest BCUT2D eigenvalue weighted by Gasteiger charge is -2.26. The predicted molar refractivity (Wildman–Crippen MR) is 94.9 cm³/mol. The number of hydrogen-bond donors (Lipinski definition) is 1. The van der Waals surface area contributed by atoms with Crippen molar-refractivity contribution in [2.75, 3.05) is 33.4 Å². The van der Waals surface area contributed by atoms with Gasteiger partial charge in [-0.05, 0) is 23.8 Å². The summed E-state index contributed by atoms with van der Waals surface area (Å²) in [5, 5.41) is 8.81. The van der Waals surface area contributed by atoms with Gasteiger partial charge in [-0.1, -0.05) is 12.1 Å². The fourth-order valence-electron chi connectivity index (χ4n) is 2.47. The maximum Gasteiger partial charge on any atom is 0.246 e.